The number of hydrogen-bond donors (Lipinski definition) is 1. The highest BCUT2D eigenvalue weighted by Gasteiger charge is 2.27. The molecule has 0 fully saturated rings. The number of aryl methyl sites for hydroxylation is 1. The van der Waals surface area contributed by atoms with Crippen molar-refractivity contribution in [3.05, 3.63) is 89.5 Å². The number of rotatable bonds is 8. The lowest BCUT2D eigenvalue weighted by atomic mass is 10.1. The largest absolute Gasteiger partial charge is 0.496 e. The van der Waals surface area contributed by atoms with Gasteiger partial charge in [0.2, 0.25) is 6.10 Å². The van der Waals surface area contributed by atoms with Gasteiger partial charge in [-0.2, -0.15) is 0 Å². The SMILES string of the molecule is CCOc1ccccc1NC(=O)[C@H](OC(=O)c1cc(C)ccc1OC)c1ccccc1. The third-order valence-corrected chi connectivity index (χ3v) is 4.59. The molecule has 31 heavy (non-hydrogen) atoms. The fraction of sp³-hybridized carbons (Fsp3) is 0.200. The Labute approximate surface area is 181 Å². The number of nitrogens with one attached hydrogen (secondary N) is 1. The van der Waals surface area contributed by atoms with Crippen molar-refractivity contribution in [3.63, 3.8) is 0 Å². The quantitative estimate of drug-likeness (QED) is 0.524. The van der Waals surface area contributed by atoms with E-state index in [9.17, 15) is 9.59 Å². The Hall–Kier alpha value is -3.80. The third-order valence-electron chi connectivity index (χ3n) is 4.59. The summed E-state index contributed by atoms with van der Waals surface area (Å²) in [7, 11) is 1.48. The van der Waals surface area contributed by atoms with E-state index in [-0.39, 0.29) is 5.56 Å². The summed E-state index contributed by atoms with van der Waals surface area (Å²) in [6.07, 6.45) is -1.16. The van der Waals surface area contributed by atoms with Crippen LogP contribution in [0.4, 0.5) is 5.69 Å². The highest BCUT2D eigenvalue weighted by Crippen LogP contribution is 2.28. The maximum absolute atomic E-state index is 13.2. The number of carbonyl (C=O) groups is 2. The second-order valence-corrected chi connectivity index (χ2v) is 6.82. The van der Waals surface area contributed by atoms with Gasteiger partial charge in [-0.1, -0.05) is 54.1 Å². The van der Waals surface area contributed by atoms with Crippen LogP contribution in [0.25, 0.3) is 0 Å². The molecule has 0 aliphatic carbocycles. The number of hydrogen-bond acceptors (Lipinski definition) is 5. The van der Waals surface area contributed by atoms with Crippen LogP contribution in [0.1, 0.15) is 34.5 Å². The second-order valence-electron chi connectivity index (χ2n) is 6.82. The summed E-state index contributed by atoms with van der Waals surface area (Å²) in [5.41, 5.74) is 2.18. The number of para-hydroxylation sites is 2. The fourth-order valence-electron chi connectivity index (χ4n) is 3.10. The summed E-state index contributed by atoms with van der Waals surface area (Å²) in [5.74, 6) is -0.220. The minimum Gasteiger partial charge on any atom is -0.496 e. The Morgan fingerprint density at radius 2 is 1.65 bits per heavy atom. The zero-order chi connectivity index (χ0) is 22.2. The number of amides is 1. The lowest BCUT2D eigenvalue weighted by Crippen LogP contribution is -2.26. The highest BCUT2D eigenvalue weighted by molar-refractivity contribution is 5.99. The van der Waals surface area contributed by atoms with Crippen LogP contribution in [-0.2, 0) is 9.53 Å². The number of esters is 1. The number of carbonyl (C=O) groups excluding carboxylic acids is 2. The van der Waals surface area contributed by atoms with Crippen molar-refractivity contribution in [2.75, 3.05) is 19.0 Å². The first-order valence-corrected chi connectivity index (χ1v) is 9.96. The Morgan fingerprint density at radius 3 is 2.35 bits per heavy atom. The minimum absolute atomic E-state index is 0.256. The molecule has 1 N–H and O–H groups in total. The van der Waals surface area contributed by atoms with E-state index in [4.69, 9.17) is 14.2 Å². The van der Waals surface area contributed by atoms with E-state index >= 15 is 0 Å². The first-order valence-electron chi connectivity index (χ1n) is 9.96. The Morgan fingerprint density at radius 1 is 0.935 bits per heavy atom. The van der Waals surface area contributed by atoms with Crippen LogP contribution in [0, 0.1) is 6.92 Å². The molecule has 3 rings (SSSR count). The highest BCUT2D eigenvalue weighted by atomic mass is 16.6. The van der Waals surface area contributed by atoms with Crippen LogP contribution in [0.3, 0.4) is 0 Å². The number of ether oxygens (including phenoxy) is 3. The van der Waals surface area contributed by atoms with Gasteiger partial charge in [-0.3, -0.25) is 4.79 Å². The molecule has 0 spiro atoms. The molecular formula is C25H25NO5. The molecule has 0 unspecified atom stereocenters. The molecule has 160 valence electrons. The van der Waals surface area contributed by atoms with E-state index in [1.54, 1.807) is 54.6 Å². The number of methoxy groups -OCH3 is 1. The van der Waals surface area contributed by atoms with Gasteiger partial charge in [0.15, 0.2) is 0 Å². The first kappa shape index (κ1) is 21.9. The van der Waals surface area contributed by atoms with Crippen LogP contribution in [0.5, 0.6) is 11.5 Å². The maximum Gasteiger partial charge on any atom is 0.343 e. The summed E-state index contributed by atoms with van der Waals surface area (Å²) >= 11 is 0. The zero-order valence-electron chi connectivity index (χ0n) is 17.8. The van der Waals surface area contributed by atoms with Gasteiger partial charge in [-0.25, -0.2) is 4.79 Å². The van der Waals surface area contributed by atoms with Crippen molar-refractivity contribution in [2.45, 2.75) is 20.0 Å². The average molecular weight is 419 g/mol. The minimum atomic E-state index is -1.16. The van der Waals surface area contributed by atoms with E-state index < -0.39 is 18.0 Å². The topological polar surface area (TPSA) is 73.9 Å². The van der Waals surface area contributed by atoms with Gasteiger partial charge in [0.25, 0.3) is 5.91 Å². The molecule has 0 bridgehead atoms. The lowest BCUT2D eigenvalue weighted by molar-refractivity contribution is -0.125. The molecule has 1 amide bonds. The Bertz CT molecular complexity index is 1050. The molecule has 0 aliphatic heterocycles. The second kappa shape index (κ2) is 10.3. The summed E-state index contributed by atoms with van der Waals surface area (Å²) in [5, 5.41) is 2.82. The Kier molecular flexibility index (Phi) is 7.27. The first-order chi connectivity index (χ1) is 15.0. The van der Waals surface area contributed by atoms with Crippen molar-refractivity contribution in [1.82, 2.24) is 0 Å². The van der Waals surface area contributed by atoms with Crippen molar-refractivity contribution < 1.29 is 23.8 Å². The molecule has 0 heterocycles. The van der Waals surface area contributed by atoms with Crippen LogP contribution in [0.2, 0.25) is 0 Å². The monoisotopic (exact) mass is 419 g/mol. The summed E-state index contributed by atoms with van der Waals surface area (Å²) in [6, 6.07) is 21.2. The van der Waals surface area contributed by atoms with Gasteiger partial charge in [0.05, 0.1) is 19.4 Å². The normalized spacial score (nSPS) is 11.3. The maximum atomic E-state index is 13.2. The van der Waals surface area contributed by atoms with E-state index in [0.29, 0.717) is 29.4 Å². The van der Waals surface area contributed by atoms with Gasteiger partial charge in [-0.15, -0.1) is 0 Å². The smallest absolute Gasteiger partial charge is 0.343 e. The van der Waals surface area contributed by atoms with Crippen molar-refractivity contribution in [2.24, 2.45) is 0 Å². The van der Waals surface area contributed by atoms with Crippen molar-refractivity contribution >= 4 is 17.6 Å². The summed E-state index contributed by atoms with van der Waals surface area (Å²) in [6.45, 7) is 4.18. The van der Waals surface area contributed by atoms with Gasteiger partial charge in [0.1, 0.15) is 17.1 Å². The number of benzene rings is 3. The number of anilines is 1. The molecule has 0 aromatic heterocycles. The molecule has 3 aromatic carbocycles. The Balaban J connectivity index is 1.90. The van der Waals surface area contributed by atoms with Crippen molar-refractivity contribution in [1.29, 1.82) is 0 Å². The van der Waals surface area contributed by atoms with E-state index in [1.165, 1.54) is 7.11 Å². The predicted molar refractivity (Wildman–Crippen MR) is 119 cm³/mol. The molecule has 1 atom stereocenters. The predicted octanol–water partition coefficient (Wildman–Crippen LogP) is 4.94. The molecule has 3 aromatic rings. The molecule has 6 heteroatoms. The van der Waals surface area contributed by atoms with Gasteiger partial charge in [0, 0.05) is 5.56 Å². The lowest BCUT2D eigenvalue weighted by Gasteiger charge is -2.20. The van der Waals surface area contributed by atoms with Crippen LogP contribution >= 0.6 is 0 Å². The van der Waals surface area contributed by atoms with E-state index in [0.717, 1.165) is 5.56 Å². The van der Waals surface area contributed by atoms with Crippen LogP contribution in [-0.4, -0.2) is 25.6 Å². The van der Waals surface area contributed by atoms with E-state index in [2.05, 4.69) is 5.32 Å². The van der Waals surface area contributed by atoms with Crippen LogP contribution in [0.15, 0.2) is 72.8 Å². The third kappa shape index (κ3) is 5.42. The van der Waals surface area contributed by atoms with E-state index in [1.807, 2.05) is 32.0 Å². The molecule has 6 nitrogen and oxygen atoms in total. The molecule has 0 saturated heterocycles. The molecular weight excluding hydrogens is 394 g/mol. The summed E-state index contributed by atoms with van der Waals surface area (Å²) < 4.78 is 16.5. The molecule has 0 saturated carbocycles. The molecule has 0 aliphatic rings. The summed E-state index contributed by atoms with van der Waals surface area (Å²) in [4.78, 5) is 26.2. The van der Waals surface area contributed by atoms with Crippen molar-refractivity contribution in [3.8, 4) is 11.5 Å². The van der Waals surface area contributed by atoms with Crippen LogP contribution < -0.4 is 14.8 Å². The van der Waals surface area contributed by atoms with Gasteiger partial charge < -0.3 is 19.5 Å². The average Bonchev–Trinajstić information content (AvgIpc) is 2.79. The van der Waals surface area contributed by atoms with Gasteiger partial charge in [-0.05, 0) is 38.1 Å². The van der Waals surface area contributed by atoms with Gasteiger partial charge >= 0.3 is 5.97 Å². The zero-order valence-corrected chi connectivity index (χ0v) is 17.8. The molecule has 0 radical (unpaired) electrons. The standard InChI is InChI=1S/C25H25NO5/c1-4-30-22-13-9-8-12-20(22)26-24(27)23(18-10-6-5-7-11-18)31-25(28)19-16-17(2)14-15-21(19)29-3/h5-16,23H,4H2,1-3H3,(H,26,27)/t23-/m1/s1. The fourth-order valence-corrected chi connectivity index (χ4v) is 3.10.